The van der Waals surface area contributed by atoms with Crippen LogP contribution >= 0.6 is 0 Å². The molecule has 1 rings (SSSR count). The van der Waals surface area contributed by atoms with Gasteiger partial charge in [-0.1, -0.05) is 17.7 Å². The van der Waals surface area contributed by atoms with Crippen LogP contribution in [0.3, 0.4) is 0 Å². The van der Waals surface area contributed by atoms with E-state index in [9.17, 15) is 4.79 Å². The maximum absolute atomic E-state index is 10.4. The molecule has 76 valence electrons. The van der Waals surface area contributed by atoms with Crippen LogP contribution in [0.2, 0.25) is 0 Å². The number of rotatable bonds is 3. The number of carboxylic acids is 1. The SMILES string of the molecule is Cc1cc(C)c(NCC(=O)O)c(C)c1. The lowest BCUT2D eigenvalue weighted by Gasteiger charge is -2.11. The van der Waals surface area contributed by atoms with E-state index in [1.165, 1.54) is 5.56 Å². The molecule has 0 saturated heterocycles. The van der Waals surface area contributed by atoms with Crippen LogP contribution in [0.15, 0.2) is 12.1 Å². The third-order valence-electron chi connectivity index (χ3n) is 2.09. The van der Waals surface area contributed by atoms with Gasteiger partial charge in [0, 0.05) is 5.69 Å². The van der Waals surface area contributed by atoms with Crippen molar-refractivity contribution in [2.75, 3.05) is 11.9 Å². The van der Waals surface area contributed by atoms with Crippen molar-refractivity contribution in [2.24, 2.45) is 0 Å². The molecule has 3 heteroatoms. The van der Waals surface area contributed by atoms with Gasteiger partial charge in [-0.3, -0.25) is 4.79 Å². The van der Waals surface area contributed by atoms with Gasteiger partial charge in [-0.15, -0.1) is 0 Å². The van der Waals surface area contributed by atoms with E-state index in [2.05, 4.69) is 5.32 Å². The van der Waals surface area contributed by atoms with Gasteiger partial charge in [0.25, 0.3) is 0 Å². The summed E-state index contributed by atoms with van der Waals surface area (Å²) in [7, 11) is 0. The third-order valence-corrected chi connectivity index (χ3v) is 2.09. The molecule has 0 heterocycles. The molecule has 0 bridgehead atoms. The highest BCUT2D eigenvalue weighted by atomic mass is 16.4. The van der Waals surface area contributed by atoms with E-state index in [-0.39, 0.29) is 6.54 Å². The summed E-state index contributed by atoms with van der Waals surface area (Å²) in [6, 6.07) is 4.08. The van der Waals surface area contributed by atoms with Crippen LogP contribution in [0, 0.1) is 20.8 Å². The van der Waals surface area contributed by atoms with Gasteiger partial charge < -0.3 is 10.4 Å². The van der Waals surface area contributed by atoms with Crippen molar-refractivity contribution >= 4 is 11.7 Å². The molecule has 1 aromatic carbocycles. The topological polar surface area (TPSA) is 49.3 Å². The lowest BCUT2D eigenvalue weighted by Crippen LogP contribution is -2.13. The Kier molecular flexibility index (Phi) is 3.12. The normalized spacial score (nSPS) is 9.93. The number of hydrogen-bond acceptors (Lipinski definition) is 2. The first-order chi connectivity index (χ1) is 6.50. The Balaban J connectivity index is 2.91. The summed E-state index contributed by atoms with van der Waals surface area (Å²) in [5.74, 6) is -0.843. The van der Waals surface area contributed by atoms with Crippen molar-refractivity contribution in [1.29, 1.82) is 0 Å². The van der Waals surface area contributed by atoms with E-state index < -0.39 is 5.97 Å². The van der Waals surface area contributed by atoms with Crippen molar-refractivity contribution in [3.05, 3.63) is 28.8 Å². The first-order valence-corrected chi connectivity index (χ1v) is 4.54. The van der Waals surface area contributed by atoms with Gasteiger partial charge >= 0.3 is 5.97 Å². The van der Waals surface area contributed by atoms with Crippen LogP contribution in [0.25, 0.3) is 0 Å². The molecule has 0 amide bonds. The van der Waals surface area contributed by atoms with Gasteiger partial charge in [0.1, 0.15) is 6.54 Å². The first-order valence-electron chi connectivity index (χ1n) is 4.54. The summed E-state index contributed by atoms with van der Waals surface area (Å²) >= 11 is 0. The minimum absolute atomic E-state index is 0.0370. The van der Waals surface area contributed by atoms with E-state index in [4.69, 9.17) is 5.11 Å². The lowest BCUT2D eigenvalue weighted by molar-refractivity contribution is -0.134. The molecule has 0 aliphatic heterocycles. The molecule has 0 unspecified atom stereocenters. The molecule has 3 nitrogen and oxygen atoms in total. The standard InChI is InChI=1S/C11H15NO2/c1-7-4-8(2)11(9(3)5-7)12-6-10(13)14/h4-5,12H,6H2,1-3H3,(H,13,14). The van der Waals surface area contributed by atoms with Crippen molar-refractivity contribution in [3.63, 3.8) is 0 Å². The maximum atomic E-state index is 10.4. The Morgan fingerprint density at radius 3 is 2.21 bits per heavy atom. The second-order valence-corrected chi connectivity index (χ2v) is 3.52. The van der Waals surface area contributed by atoms with Gasteiger partial charge in [-0.25, -0.2) is 0 Å². The highest BCUT2D eigenvalue weighted by molar-refractivity contribution is 5.74. The molecular weight excluding hydrogens is 178 g/mol. The average molecular weight is 193 g/mol. The summed E-state index contributed by atoms with van der Waals surface area (Å²) in [4.78, 5) is 10.4. The molecule has 0 aliphatic carbocycles. The van der Waals surface area contributed by atoms with Crippen molar-refractivity contribution in [2.45, 2.75) is 20.8 Å². The zero-order valence-electron chi connectivity index (χ0n) is 8.72. The largest absolute Gasteiger partial charge is 0.480 e. The summed E-state index contributed by atoms with van der Waals surface area (Å²) in [6.07, 6.45) is 0. The average Bonchev–Trinajstić information content (AvgIpc) is 2.01. The molecule has 0 radical (unpaired) electrons. The minimum Gasteiger partial charge on any atom is -0.480 e. The molecule has 1 aromatic rings. The monoisotopic (exact) mass is 193 g/mol. The fourth-order valence-corrected chi connectivity index (χ4v) is 1.62. The molecule has 0 saturated carbocycles. The Morgan fingerprint density at radius 2 is 1.79 bits per heavy atom. The fourth-order valence-electron chi connectivity index (χ4n) is 1.62. The molecule has 0 atom stereocenters. The zero-order chi connectivity index (χ0) is 10.7. The van der Waals surface area contributed by atoms with Gasteiger partial charge in [0.15, 0.2) is 0 Å². The number of carboxylic acid groups (broad SMARTS) is 1. The predicted octanol–water partition coefficient (Wildman–Crippen LogP) is 2.11. The number of benzene rings is 1. The molecular formula is C11H15NO2. The van der Waals surface area contributed by atoms with Gasteiger partial charge in [-0.2, -0.15) is 0 Å². The number of anilines is 1. The summed E-state index contributed by atoms with van der Waals surface area (Å²) in [5.41, 5.74) is 4.30. The second-order valence-electron chi connectivity index (χ2n) is 3.52. The van der Waals surface area contributed by atoms with E-state index in [1.807, 2.05) is 32.9 Å². The highest BCUT2D eigenvalue weighted by Crippen LogP contribution is 2.21. The van der Waals surface area contributed by atoms with Gasteiger partial charge in [-0.05, 0) is 31.9 Å². The van der Waals surface area contributed by atoms with Crippen LogP contribution in [-0.4, -0.2) is 17.6 Å². The van der Waals surface area contributed by atoms with Crippen molar-refractivity contribution < 1.29 is 9.90 Å². The van der Waals surface area contributed by atoms with Crippen LogP contribution < -0.4 is 5.32 Å². The Hall–Kier alpha value is -1.51. The molecule has 0 aliphatic rings. The summed E-state index contributed by atoms with van der Waals surface area (Å²) in [5, 5.41) is 11.5. The van der Waals surface area contributed by atoms with Crippen LogP contribution in [0.5, 0.6) is 0 Å². The van der Waals surface area contributed by atoms with Crippen molar-refractivity contribution in [1.82, 2.24) is 0 Å². The molecule has 0 fully saturated rings. The smallest absolute Gasteiger partial charge is 0.322 e. The highest BCUT2D eigenvalue weighted by Gasteiger charge is 2.04. The lowest BCUT2D eigenvalue weighted by atomic mass is 10.1. The summed E-state index contributed by atoms with van der Waals surface area (Å²) in [6.45, 7) is 5.94. The Bertz CT molecular complexity index is 335. The first kappa shape index (κ1) is 10.6. The number of carbonyl (C=O) groups is 1. The number of nitrogens with one attached hydrogen (secondary N) is 1. The quantitative estimate of drug-likeness (QED) is 0.773. The predicted molar refractivity (Wildman–Crippen MR) is 56.8 cm³/mol. The van der Waals surface area contributed by atoms with Crippen LogP contribution in [0.1, 0.15) is 16.7 Å². The van der Waals surface area contributed by atoms with E-state index in [0.29, 0.717) is 0 Å². The van der Waals surface area contributed by atoms with E-state index >= 15 is 0 Å². The third kappa shape index (κ3) is 2.49. The summed E-state index contributed by atoms with van der Waals surface area (Å²) < 4.78 is 0. The Labute approximate surface area is 83.8 Å². The number of hydrogen-bond donors (Lipinski definition) is 2. The Morgan fingerprint density at radius 1 is 1.29 bits per heavy atom. The van der Waals surface area contributed by atoms with E-state index in [0.717, 1.165) is 16.8 Å². The minimum atomic E-state index is -0.843. The van der Waals surface area contributed by atoms with Gasteiger partial charge in [0.2, 0.25) is 0 Å². The maximum Gasteiger partial charge on any atom is 0.322 e. The molecule has 14 heavy (non-hydrogen) atoms. The molecule has 2 N–H and O–H groups in total. The number of aliphatic carboxylic acids is 1. The fraction of sp³-hybridized carbons (Fsp3) is 0.364. The van der Waals surface area contributed by atoms with Crippen LogP contribution in [0.4, 0.5) is 5.69 Å². The van der Waals surface area contributed by atoms with Crippen LogP contribution in [-0.2, 0) is 4.79 Å². The van der Waals surface area contributed by atoms with Gasteiger partial charge in [0.05, 0.1) is 0 Å². The van der Waals surface area contributed by atoms with E-state index in [1.54, 1.807) is 0 Å². The second kappa shape index (κ2) is 4.13. The van der Waals surface area contributed by atoms with Crippen molar-refractivity contribution in [3.8, 4) is 0 Å². The molecule has 0 spiro atoms. The zero-order valence-corrected chi connectivity index (χ0v) is 8.72. The molecule has 0 aromatic heterocycles. The number of aryl methyl sites for hydroxylation is 3.